The lowest BCUT2D eigenvalue weighted by Gasteiger charge is -2.12. The number of carbonyl (C=O) groups excluding carboxylic acids is 1. The van der Waals surface area contributed by atoms with Crippen LogP contribution < -0.4 is 10.9 Å². The Hall–Kier alpha value is -0.800. The van der Waals surface area contributed by atoms with Gasteiger partial charge in [0.1, 0.15) is 6.04 Å². The van der Waals surface area contributed by atoms with Gasteiger partial charge in [0.05, 0.1) is 0 Å². The average Bonchev–Trinajstić information content (AvgIpc) is 2.36. The second kappa shape index (κ2) is 3.52. The molecule has 0 saturated carbocycles. The summed E-state index contributed by atoms with van der Waals surface area (Å²) in [6.45, 7) is 0. The van der Waals surface area contributed by atoms with E-state index in [9.17, 15) is 4.79 Å². The summed E-state index contributed by atoms with van der Waals surface area (Å²) >= 11 is 5.47. The third-order valence-corrected chi connectivity index (χ3v) is 2.71. The van der Waals surface area contributed by atoms with Gasteiger partial charge >= 0.3 is 0 Å². The molecule has 3 nitrogen and oxygen atoms in total. The van der Waals surface area contributed by atoms with Gasteiger partial charge in [-0.2, -0.15) is 0 Å². The van der Waals surface area contributed by atoms with Crippen LogP contribution in [-0.2, 0) is 4.79 Å². The smallest absolute Gasteiger partial charge is 0.241 e. The van der Waals surface area contributed by atoms with E-state index in [0.29, 0.717) is 0 Å². The minimum Gasteiger partial charge on any atom is -0.325 e. The lowest BCUT2D eigenvalue weighted by molar-refractivity contribution is -0.114. The molecule has 1 fully saturated rings. The highest BCUT2D eigenvalue weighted by Gasteiger charge is 2.35. The molecule has 0 aromatic rings. The normalized spacial score (nSPS) is 31.6. The number of hydrogen-bond donors (Lipinski definition) is 2. The van der Waals surface area contributed by atoms with Crippen molar-refractivity contribution in [2.75, 3.05) is 0 Å². The Morgan fingerprint density at radius 2 is 2.46 bits per heavy atom. The molecule has 2 N–H and O–H groups in total. The number of carbonyl (C=O) groups is 1. The molecule has 4 heteroatoms. The molecule has 0 bridgehead atoms. The topological polar surface area (TPSA) is 41.1 Å². The van der Waals surface area contributed by atoms with Gasteiger partial charge in [-0.15, -0.1) is 0 Å². The van der Waals surface area contributed by atoms with Gasteiger partial charge in [-0.1, -0.05) is 12.2 Å². The highest BCUT2D eigenvalue weighted by atomic mass is 35.5. The fourth-order valence-electron chi connectivity index (χ4n) is 1.78. The fraction of sp³-hybridized carbons (Fsp3) is 0.444. The van der Waals surface area contributed by atoms with E-state index in [4.69, 9.17) is 11.6 Å². The molecule has 70 valence electrons. The zero-order valence-electron chi connectivity index (χ0n) is 7.09. The molecule has 0 aromatic heterocycles. The highest BCUT2D eigenvalue weighted by Crippen LogP contribution is 2.26. The van der Waals surface area contributed by atoms with Gasteiger partial charge in [0.2, 0.25) is 5.24 Å². The first-order chi connectivity index (χ1) is 6.29. The van der Waals surface area contributed by atoms with Crippen molar-refractivity contribution in [1.29, 1.82) is 0 Å². The van der Waals surface area contributed by atoms with Crippen LogP contribution in [0, 0.1) is 5.92 Å². The molecule has 2 unspecified atom stereocenters. The van der Waals surface area contributed by atoms with Gasteiger partial charge in [0.15, 0.2) is 0 Å². The molecule has 1 aliphatic carbocycles. The number of halogens is 1. The van der Waals surface area contributed by atoms with Crippen molar-refractivity contribution in [3.05, 3.63) is 23.9 Å². The van der Waals surface area contributed by atoms with E-state index in [1.807, 2.05) is 12.2 Å². The van der Waals surface area contributed by atoms with E-state index < -0.39 is 0 Å². The largest absolute Gasteiger partial charge is 0.325 e. The van der Waals surface area contributed by atoms with E-state index in [-0.39, 0.29) is 17.2 Å². The molecule has 1 heterocycles. The summed E-state index contributed by atoms with van der Waals surface area (Å²) in [4.78, 5) is 11.0. The average molecular weight is 199 g/mol. The Morgan fingerprint density at radius 3 is 3.23 bits per heavy atom. The molecule has 13 heavy (non-hydrogen) atoms. The number of fused-ring (bicyclic) bond motifs is 1. The van der Waals surface area contributed by atoms with Crippen molar-refractivity contribution in [3.8, 4) is 0 Å². The molecule has 2 rings (SSSR count). The molecule has 2 atom stereocenters. The molecule has 1 saturated heterocycles. The molecule has 0 radical (unpaired) electrons. The number of nitrogens with one attached hydrogen (secondary N) is 2. The van der Waals surface area contributed by atoms with Gasteiger partial charge < -0.3 is 5.43 Å². The van der Waals surface area contributed by atoms with Crippen LogP contribution in [0.3, 0.4) is 0 Å². The predicted octanol–water partition coefficient (Wildman–Crippen LogP) is 1.08. The third-order valence-electron chi connectivity index (χ3n) is 2.47. The van der Waals surface area contributed by atoms with Crippen LogP contribution in [0.15, 0.2) is 23.9 Å². The van der Waals surface area contributed by atoms with Crippen LogP contribution in [0.1, 0.15) is 12.8 Å². The van der Waals surface area contributed by atoms with Crippen molar-refractivity contribution in [1.82, 2.24) is 10.9 Å². The first-order valence-corrected chi connectivity index (χ1v) is 4.74. The Morgan fingerprint density at radius 1 is 1.62 bits per heavy atom. The minimum absolute atomic E-state index is 0.208. The monoisotopic (exact) mass is 198 g/mol. The van der Waals surface area contributed by atoms with Crippen LogP contribution in [0.5, 0.6) is 0 Å². The first-order valence-electron chi connectivity index (χ1n) is 4.36. The lowest BCUT2D eigenvalue weighted by atomic mass is 9.95. The quantitative estimate of drug-likeness (QED) is 0.620. The van der Waals surface area contributed by atoms with E-state index in [1.165, 1.54) is 0 Å². The summed E-state index contributed by atoms with van der Waals surface area (Å²) in [7, 11) is 0. The summed E-state index contributed by atoms with van der Waals surface area (Å²) in [5, 5.41) is -0.317. The van der Waals surface area contributed by atoms with E-state index >= 15 is 0 Å². The Balaban J connectivity index is 2.19. The van der Waals surface area contributed by atoms with Gasteiger partial charge in [-0.25, -0.2) is 5.43 Å². The van der Waals surface area contributed by atoms with Crippen LogP contribution in [0.4, 0.5) is 0 Å². The SMILES string of the molecule is O=C(Cl)C1NNC2=CC=CCCC21. The van der Waals surface area contributed by atoms with Crippen molar-refractivity contribution >= 4 is 16.8 Å². The highest BCUT2D eigenvalue weighted by molar-refractivity contribution is 6.64. The van der Waals surface area contributed by atoms with Crippen LogP contribution >= 0.6 is 11.6 Å². The van der Waals surface area contributed by atoms with Crippen LogP contribution in [0.2, 0.25) is 0 Å². The zero-order chi connectivity index (χ0) is 9.26. The first kappa shape index (κ1) is 8.78. The maximum absolute atomic E-state index is 11.0. The zero-order valence-corrected chi connectivity index (χ0v) is 7.84. The molecule has 0 aromatic carbocycles. The summed E-state index contributed by atoms with van der Waals surface area (Å²) in [5.74, 6) is 0.208. The van der Waals surface area contributed by atoms with Crippen molar-refractivity contribution in [3.63, 3.8) is 0 Å². The second-order valence-corrected chi connectivity index (χ2v) is 3.66. The van der Waals surface area contributed by atoms with E-state index in [0.717, 1.165) is 18.5 Å². The maximum Gasteiger partial charge on any atom is 0.241 e. The molecule has 0 spiro atoms. The van der Waals surface area contributed by atoms with Crippen LogP contribution in [0.25, 0.3) is 0 Å². The lowest BCUT2D eigenvalue weighted by Crippen LogP contribution is -2.36. The van der Waals surface area contributed by atoms with Crippen LogP contribution in [-0.4, -0.2) is 11.3 Å². The maximum atomic E-state index is 11.0. The summed E-state index contributed by atoms with van der Waals surface area (Å²) in [5.41, 5.74) is 6.94. The number of allylic oxidation sites excluding steroid dienone is 3. The van der Waals surface area contributed by atoms with Crippen molar-refractivity contribution in [2.24, 2.45) is 5.92 Å². The second-order valence-electron chi connectivity index (χ2n) is 3.29. The Bertz CT molecular complexity index is 285. The van der Waals surface area contributed by atoms with Crippen molar-refractivity contribution in [2.45, 2.75) is 18.9 Å². The van der Waals surface area contributed by atoms with E-state index in [1.54, 1.807) is 0 Å². The summed E-state index contributed by atoms with van der Waals surface area (Å²) in [6.07, 6.45) is 8.05. The van der Waals surface area contributed by atoms with Crippen molar-refractivity contribution < 1.29 is 4.79 Å². The fourth-order valence-corrected chi connectivity index (χ4v) is 1.99. The predicted molar refractivity (Wildman–Crippen MR) is 50.9 cm³/mol. The third kappa shape index (κ3) is 1.62. The Labute approximate surface area is 81.8 Å². The standard InChI is InChI=1S/C9H11ClN2O/c10-9(13)8-6-4-2-1-3-5-7(6)11-12-8/h1,3,5-6,8,11-12H,2,4H2. The number of hydrogen-bond acceptors (Lipinski definition) is 3. The molecular weight excluding hydrogens is 188 g/mol. The van der Waals surface area contributed by atoms with Gasteiger partial charge in [0, 0.05) is 11.6 Å². The number of hydrazine groups is 1. The summed E-state index contributed by atoms with van der Waals surface area (Å²) in [6, 6.07) is -0.271. The molecular formula is C9H11ClN2O. The van der Waals surface area contributed by atoms with Gasteiger partial charge in [0.25, 0.3) is 0 Å². The van der Waals surface area contributed by atoms with E-state index in [2.05, 4.69) is 16.9 Å². The minimum atomic E-state index is -0.317. The molecule has 1 aliphatic heterocycles. The molecule has 2 aliphatic rings. The summed E-state index contributed by atoms with van der Waals surface area (Å²) < 4.78 is 0. The van der Waals surface area contributed by atoms with Gasteiger partial charge in [-0.3, -0.25) is 4.79 Å². The Kier molecular flexibility index (Phi) is 2.38. The van der Waals surface area contributed by atoms with Gasteiger partial charge in [-0.05, 0) is 30.5 Å². The molecule has 0 amide bonds. The number of rotatable bonds is 1.